The van der Waals surface area contributed by atoms with E-state index in [1.807, 2.05) is 107 Å². The van der Waals surface area contributed by atoms with Crippen LogP contribution in [0, 0.1) is 0 Å². The van der Waals surface area contributed by atoms with Crippen molar-refractivity contribution in [2.45, 2.75) is 0 Å². The first-order valence-electron chi connectivity index (χ1n) is 40.4. The van der Waals surface area contributed by atoms with Crippen LogP contribution in [0.4, 0.5) is 0 Å². The van der Waals surface area contributed by atoms with Crippen molar-refractivity contribution in [2.75, 3.05) is 0 Å². The van der Waals surface area contributed by atoms with Crippen molar-refractivity contribution in [1.82, 2.24) is 39.9 Å². The predicted molar refractivity (Wildman–Crippen MR) is 509 cm³/mol. The van der Waals surface area contributed by atoms with Gasteiger partial charge in [-0.2, -0.15) is 0 Å². The van der Waals surface area contributed by atoms with Gasteiger partial charge >= 0.3 is 0 Å². The Morgan fingerprint density at radius 3 is 1.02 bits per heavy atom. The molecule has 564 valence electrons. The topological polar surface area (TPSA) is 103 Å². The number of hydrogen-bond donors (Lipinski definition) is 0. The lowest BCUT2D eigenvalue weighted by molar-refractivity contribution is 1.22. The van der Waals surface area contributed by atoms with Gasteiger partial charge in [0.25, 0.3) is 0 Å². The fourth-order valence-electron chi connectivity index (χ4n) is 17.4. The average molecular weight is 1600 g/mol. The molecule has 11 heterocycles. The molecule has 24 rings (SSSR count). The number of fused-ring (bicyclic) bond motifs is 16. The van der Waals surface area contributed by atoms with Crippen LogP contribution < -0.4 is 0 Å². The normalized spacial score (nSPS) is 11.6. The Balaban J connectivity index is 0.000000141. The third-order valence-corrected chi connectivity index (χ3v) is 26.7. The summed E-state index contributed by atoms with van der Waals surface area (Å²) in [7, 11) is 0. The minimum Gasteiger partial charge on any atom is -0.255 e. The van der Waals surface area contributed by atoms with Gasteiger partial charge in [-0.1, -0.05) is 237 Å². The minimum atomic E-state index is 0.806. The molecule has 0 aliphatic carbocycles. The van der Waals surface area contributed by atoms with Crippen molar-refractivity contribution < 1.29 is 0 Å². The summed E-state index contributed by atoms with van der Waals surface area (Å²) >= 11 is 5.53. The Morgan fingerprint density at radius 1 is 0.174 bits per heavy atom. The zero-order chi connectivity index (χ0) is 79.9. The molecule has 0 saturated heterocycles. The third-order valence-electron chi connectivity index (χ3n) is 23.1. The fraction of sp³-hybridized carbons (Fsp3) is 0. The molecule has 0 unspecified atom stereocenters. The first-order valence-corrected chi connectivity index (χ1v) is 42.8. The molecule has 0 saturated carbocycles. The summed E-state index contributed by atoms with van der Waals surface area (Å²) in [5.41, 5.74) is 26.4. The summed E-state index contributed by atoms with van der Waals surface area (Å²) in [6, 6.07) is 134. The maximum absolute atomic E-state index is 5.47. The van der Waals surface area contributed by atoms with E-state index in [9.17, 15) is 0 Å². The molecular formula is C110H66N8S3. The second-order valence-corrected chi connectivity index (χ2v) is 33.5. The Labute approximate surface area is 708 Å². The van der Waals surface area contributed by atoms with Crippen molar-refractivity contribution in [1.29, 1.82) is 0 Å². The second kappa shape index (κ2) is 30.0. The lowest BCUT2D eigenvalue weighted by Crippen LogP contribution is -1.94. The highest BCUT2D eigenvalue weighted by molar-refractivity contribution is 7.27. The summed E-state index contributed by atoms with van der Waals surface area (Å²) in [6.45, 7) is 0. The van der Waals surface area contributed by atoms with E-state index >= 15 is 0 Å². The van der Waals surface area contributed by atoms with E-state index in [4.69, 9.17) is 19.9 Å². The van der Waals surface area contributed by atoms with Crippen LogP contribution >= 0.6 is 34.0 Å². The molecule has 0 atom stereocenters. The van der Waals surface area contributed by atoms with Gasteiger partial charge in [0, 0.05) is 97.8 Å². The van der Waals surface area contributed by atoms with Crippen molar-refractivity contribution in [3.63, 3.8) is 0 Å². The summed E-state index contributed by atoms with van der Waals surface area (Å²) in [5.74, 6) is 0. The number of pyridine rings is 8. The van der Waals surface area contributed by atoms with Gasteiger partial charge in [-0.25, -0.2) is 19.9 Å². The van der Waals surface area contributed by atoms with Crippen molar-refractivity contribution in [3.05, 3.63) is 401 Å². The largest absolute Gasteiger partial charge is 0.255 e. The Morgan fingerprint density at radius 2 is 0.529 bits per heavy atom. The lowest BCUT2D eigenvalue weighted by Gasteiger charge is -2.13. The molecule has 0 aliphatic rings. The van der Waals surface area contributed by atoms with Crippen LogP contribution in [-0.4, -0.2) is 39.9 Å². The van der Waals surface area contributed by atoms with E-state index in [0.717, 1.165) is 124 Å². The SMILES string of the molecule is c1ccc(-c2cc(-c3ccc(-c4cccc(-c5nc6ccc(-c7cc8ccccc8c8ccccc78)cc6c6c5sc5ccccc56)c4)cc3)cc(-c3ccccn3)n2)nc1.c1ccc(-c2cc(-c3cccc(-c4cccc(-c5nc6ccc(-c7cccc8c7sc7ccccc78)cc6c6c5sc5ccccc56)c4)c3)cc(-c3ccccn3)n2)nc1. The molecule has 0 bridgehead atoms. The molecule has 0 radical (unpaired) electrons. The Bertz CT molecular complexity index is 8100. The van der Waals surface area contributed by atoms with Crippen LogP contribution in [0.1, 0.15) is 0 Å². The first kappa shape index (κ1) is 71.1. The van der Waals surface area contributed by atoms with Crippen molar-refractivity contribution >= 4 is 138 Å². The van der Waals surface area contributed by atoms with E-state index in [0.29, 0.717) is 0 Å². The van der Waals surface area contributed by atoms with Crippen LogP contribution in [0.15, 0.2) is 401 Å². The Hall–Kier alpha value is -15.2. The molecule has 13 aromatic carbocycles. The van der Waals surface area contributed by atoms with Crippen LogP contribution in [0.25, 0.3) is 239 Å². The third kappa shape index (κ3) is 13.0. The minimum absolute atomic E-state index is 0.806. The van der Waals surface area contributed by atoms with Crippen molar-refractivity contribution in [2.24, 2.45) is 0 Å². The highest BCUT2D eigenvalue weighted by atomic mass is 32.1. The number of benzene rings is 13. The van der Waals surface area contributed by atoms with Crippen LogP contribution in [0.3, 0.4) is 0 Å². The van der Waals surface area contributed by atoms with E-state index in [2.05, 4.69) is 323 Å². The zero-order valence-corrected chi connectivity index (χ0v) is 67.4. The molecule has 121 heavy (non-hydrogen) atoms. The zero-order valence-electron chi connectivity index (χ0n) is 64.9. The van der Waals surface area contributed by atoms with Gasteiger partial charge in [0.15, 0.2) is 0 Å². The Kier molecular flexibility index (Phi) is 17.7. The lowest BCUT2D eigenvalue weighted by atomic mass is 9.92. The highest BCUT2D eigenvalue weighted by Crippen LogP contribution is 2.49. The van der Waals surface area contributed by atoms with E-state index in [1.165, 1.54) is 115 Å². The highest BCUT2D eigenvalue weighted by Gasteiger charge is 2.23. The molecular weight excluding hydrogens is 1530 g/mol. The first-order chi connectivity index (χ1) is 59.9. The molecule has 0 fully saturated rings. The standard InChI is InChI=1S/C56H34N4S.C54H32N4S2/c1-2-15-42-38(12-1)31-46(44-17-4-3-16-43(42)44)39-26-27-48-47(32-39)54-45-18-5-6-21-53(45)61-56(54)55(60-48)40-14-11-13-37(30-40)35-22-24-36(25-23-35)41-33-51(49-19-7-9-28-57-49)59-52(34-41)50-20-8-10-29-58-50;1-3-22-49-40(16-1)41-19-11-18-39(53(41)59-49)36-24-25-44-43(30-36)51-42-17-2-4-23-50(42)60-54(51)52(58-44)37-15-10-13-34(29-37)33-12-9-14-35(28-33)38-31-47(45-20-5-7-26-55-45)57-48(32-38)46-21-6-8-27-56-46/h1-34H;1-32H. The maximum atomic E-state index is 5.47. The number of nitrogens with zero attached hydrogens (tertiary/aromatic N) is 8. The van der Waals surface area contributed by atoms with Gasteiger partial charge < -0.3 is 0 Å². The van der Waals surface area contributed by atoms with Gasteiger partial charge in [0.1, 0.15) is 0 Å². The molecule has 0 spiro atoms. The van der Waals surface area contributed by atoms with E-state index in [-0.39, 0.29) is 0 Å². The quantitative estimate of drug-likeness (QED) is 0.111. The maximum Gasteiger partial charge on any atom is 0.0900 e. The summed E-state index contributed by atoms with van der Waals surface area (Å²) in [5, 5.41) is 15.1. The molecule has 24 aromatic rings. The predicted octanol–water partition coefficient (Wildman–Crippen LogP) is 30.3. The summed E-state index contributed by atoms with van der Waals surface area (Å²) < 4.78 is 7.56. The molecule has 0 N–H and O–H groups in total. The van der Waals surface area contributed by atoms with Gasteiger partial charge in [0.05, 0.1) is 77.4 Å². The van der Waals surface area contributed by atoms with Crippen LogP contribution in [0.5, 0.6) is 0 Å². The number of aromatic nitrogens is 8. The van der Waals surface area contributed by atoms with Gasteiger partial charge in [0.2, 0.25) is 0 Å². The van der Waals surface area contributed by atoms with E-state index < -0.39 is 0 Å². The summed E-state index contributed by atoms with van der Waals surface area (Å²) in [4.78, 5) is 39.4. The van der Waals surface area contributed by atoms with Crippen molar-refractivity contribution in [3.8, 4) is 135 Å². The summed E-state index contributed by atoms with van der Waals surface area (Å²) in [6.07, 6.45) is 7.22. The second-order valence-electron chi connectivity index (χ2n) is 30.4. The van der Waals surface area contributed by atoms with Crippen LogP contribution in [0.2, 0.25) is 0 Å². The molecule has 8 nitrogen and oxygen atoms in total. The molecule has 0 aliphatic heterocycles. The molecule has 11 heteroatoms. The van der Waals surface area contributed by atoms with Gasteiger partial charge in [-0.05, 0) is 228 Å². The fourth-order valence-corrected chi connectivity index (χ4v) is 21.1. The van der Waals surface area contributed by atoms with E-state index in [1.54, 1.807) is 24.8 Å². The molecule has 0 amide bonds. The smallest absolute Gasteiger partial charge is 0.0900 e. The van der Waals surface area contributed by atoms with Gasteiger partial charge in [-0.15, -0.1) is 34.0 Å². The number of hydrogen-bond acceptors (Lipinski definition) is 11. The van der Waals surface area contributed by atoms with Crippen LogP contribution in [-0.2, 0) is 0 Å². The number of thiophene rings is 3. The van der Waals surface area contributed by atoms with Gasteiger partial charge in [-0.3, -0.25) is 19.9 Å². The monoisotopic (exact) mass is 1590 g/mol. The number of rotatable bonds is 12. The average Bonchev–Trinajstić information content (AvgIpc) is 1.62. The molecule has 11 aromatic heterocycles.